The number of benzene rings is 2. The molecule has 0 unspecified atom stereocenters. The van der Waals surface area contributed by atoms with Crippen LogP contribution in [0.2, 0.25) is 0 Å². The van der Waals surface area contributed by atoms with E-state index in [1.807, 2.05) is 29.6 Å². The summed E-state index contributed by atoms with van der Waals surface area (Å²) in [6, 6.07) is 13.5. The van der Waals surface area contributed by atoms with Crippen LogP contribution in [0.15, 0.2) is 42.5 Å². The van der Waals surface area contributed by atoms with E-state index in [0.29, 0.717) is 0 Å². The number of carbonyl (C=O) groups excluding carboxylic acids is 2. The van der Waals surface area contributed by atoms with Crippen LogP contribution in [0.25, 0.3) is 11.1 Å². The Morgan fingerprint density at radius 3 is 2.62 bits per heavy atom. The molecule has 0 aromatic heterocycles. The van der Waals surface area contributed by atoms with E-state index < -0.39 is 11.9 Å². The zero-order chi connectivity index (χ0) is 14.8. The predicted molar refractivity (Wildman–Crippen MR) is 80.9 cm³/mol. The summed E-state index contributed by atoms with van der Waals surface area (Å²) in [6.45, 7) is 0.00861. The Kier molecular flexibility index (Phi) is 3.31. The number of carbonyl (C=O) groups is 2. The summed E-state index contributed by atoms with van der Waals surface area (Å²) < 4.78 is 0. The standard InChI is InChI=1S/C16H15N3O2/c17-16(21)19-15(20)9-18-12-5-6-14-11(8-12)7-10-3-1-2-4-13(10)14/h1-6,8,18H,7,9H2,(H3,17,19,20,21). The van der Waals surface area contributed by atoms with Gasteiger partial charge < -0.3 is 11.1 Å². The molecule has 5 heteroatoms. The molecular formula is C16H15N3O2. The molecule has 0 spiro atoms. The monoisotopic (exact) mass is 281 g/mol. The van der Waals surface area contributed by atoms with Crippen LogP contribution in [-0.2, 0) is 11.2 Å². The van der Waals surface area contributed by atoms with Crippen LogP contribution < -0.4 is 16.4 Å². The lowest BCUT2D eigenvalue weighted by Gasteiger charge is -2.08. The highest BCUT2D eigenvalue weighted by atomic mass is 16.2. The molecule has 0 bridgehead atoms. The number of hydrogen-bond donors (Lipinski definition) is 3. The fraction of sp³-hybridized carbons (Fsp3) is 0.125. The van der Waals surface area contributed by atoms with Crippen molar-refractivity contribution in [2.45, 2.75) is 6.42 Å². The number of primary amides is 1. The van der Waals surface area contributed by atoms with Crippen molar-refractivity contribution in [1.82, 2.24) is 5.32 Å². The Labute approximate surface area is 122 Å². The first-order chi connectivity index (χ1) is 10.1. The van der Waals surface area contributed by atoms with Crippen LogP contribution in [-0.4, -0.2) is 18.5 Å². The third-order valence-electron chi connectivity index (χ3n) is 3.51. The highest BCUT2D eigenvalue weighted by molar-refractivity contribution is 5.95. The Balaban J connectivity index is 1.72. The van der Waals surface area contributed by atoms with Gasteiger partial charge in [-0.05, 0) is 40.8 Å². The van der Waals surface area contributed by atoms with Crippen molar-refractivity contribution < 1.29 is 9.59 Å². The van der Waals surface area contributed by atoms with Gasteiger partial charge in [0.05, 0.1) is 6.54 Å². The lowest BCUT2D eigenvalue weighted by molar-refractivity contribution is -0.118. The number of amides is 3. The zero-order valence-corrected chi connectivity index (χ0v) is 11.3. The Morgan fingerprint density at radius 2 is 1.81 bits per heavy atom. The number of hydrogen-bond acceptors (Lipinski definition) is 3. The smallest absolute Gasteiger partial charge is 0.318 e. The molecule has 0 heterocycles. The molecule has 4 N–H and O–H groups in total. The molecule has 0 saturated heterocycles. The molecule has 3 amide bonds. The van der Waals surface area contributed by atoms with Gasteiger partial charge in [0.2, 0.25) is 5.91 Å². The topological polar surface area (TPSA) is 84.2 Å². The van der Waals surface area contributed by atoms with Crippen molar-refractivity contribution in [3.05, 3.63) is 53.6 Å². The third kappa shape index (κ3) is 2.72. The quantitative estimate of drug-likeness (QED) is 0.685. The van der Waals surface area contributed by atoms with Gasteiger partial charge in [-0.25, -0.2) is 4.79 Å². The average Bonchev–Trinajstić information content (AvgIpc) is 2.82. The highest BCUT2D eigenvalue weighted by Gasteiger charge is 2.17. The first-order valence-corrected chi connectivity index (χ1v) is 6.68. The van der Waals surface area contributed by atoms with E-state index in [2.05, 4.69) is 23.5 Å². The molecule has 5 nitrogen and oxygen atoms in total. The number of rotatable bonds is 3. The number of imide groups is 1. The van der Waals surface area contributed by atoms with Crippen molar-refractivity contribution in [2.24, 2.45) is 5.73 Å². The molecule has 0 radical (unpaired) electrons. The minimum absolute atomic E-state index is 0.00861. The summed E-state index contributed by atoms with van der Waals surface area (Å²) in [5.74, 6) is -0.453. The molecule has 0 saturated carbocycles. The van der Waals surface area contributed by atoms with Gasteiger partial charge in [0, 0.05) is 5.69 Å². The summed E-state index contributed by atoms with van der Waals surface area (Å²) in [7, 11) is 0. The second-order valence-corrected chi connectivity index (χ2v) is 4.97. The van der Waals surface area contributed by atoms with E-state index in [9.17, 15) is 9.59 Å². The minimum atomic E-state index is -0.841. The van der Waals surface area contributed by atoms with E-state index in [1.54, 1.807) is 0 Å². The van der Waals surface area contributed by atoms with E-state index in [-0.39, 0.29) is 6.54 Å². The van der Waals surface area contributed by atoms with Crippen molar-refractivity contribution >= 4 is 17.6 Å². The molecule has 2 aromatic carbocycles. The largest absolute Gasteiger partial charge is 0.376 e. The first-order valence-electron chi connectivity index (χ1n) is 6.68. The summed E-state index contributed by atoms with van der Waals surface area (Å²) in [4.78, 5) is 21.9. The van der Waals surface area contributed by atoms with Crippen LogP contribution in [0.3, 0.4) is 0 Å². The van der Waals surface area contributed by atoms with Gasteiger partial charge in [-0.3, -0.25) is 10.1 Å². The van der Waals surface area contributed by atoms with Crippen molar-refractivity contribution in [2.75, 3.05) is 11.9 Å². The van der Waals surface area contributed by atoms with Gasteiger partial charge in [0.15, 0.2) is 0 Å². The SMILES string of the molecule is NC(=O)NC(=O)CNc1ccc2c(c1)Cc1ccccc1-2. The maximum absolute atomic E-state index is 11.4. The van der Waals surface area contributed by atoms with Crippen LogP contribution in [0.1, 0.15) is 11.1 Å². The van der Waals surface area contributed by atoms with Crippen molar-refractivity contribution in [3.63, 3.8) is 0 Å². The summed E-state index contributed by atoms with van der Waals surface area (Å²) >= 11 is 0. The molecule has 3 rings (SSSR count). The Morgan fingerprint density at radius 1 is 1.05 bits per heavy atom. The van der Waals surface area contributed by atoms with Crippen LogP contribution in [0.4, 0.5) is 10.5 Å². The molecule has 0 atom stereocenters. The maximum atomic E-state index is 11.4. The molecule has 0 fully saturated rings. The highest BCUT2D eigenvalue weighted by Crippen LogP contribution is 2.37. The van der Waals surface area contributed by atoms with Gasteiger partial charge in [-0.1, -0.05) is 30.3 Å². The fourth-order valence-electron chi connectivity index (χ4n) is 2.62. The lowest BCUT2D eigenvalue weighted by Crippen LogP contribution is -2.38. The summed E-state index contributed by atoms with van der Waals surface area (Å²) in [6.07, 6.45) is 0.897. The average molecular weight is 281 g/mol. The number of nitrogens with one attached hydrogen (secondary N) is 2. The molecular weight excluding hydrogens is 266 g/mol. The Hall–Kier alpha value is -2.82. The van der Waals surface area contributed by atoms with Crippen LogP contribution in [0.5, 0.6) is 0 Å². The third-order valence-corrected chi connectivity index (χ3v) is 3.51. The van der Waals surface area contributed by atoms with Gasteiger partial charge >= 0.3 is 6.03 Å². The minimum Gasteiger partial charge on any atom is -0.376 e. The van der Waals surface area contributed by atoms with Crippen molar-refractivity contribution in [3.8, 4) is 11.1 Å². The normalized spacial score (nSPS) is 11.4. The fourth-order valence-corrected chi connectivity index (χ4v) is 2.62. The van der Waals surface area contributed by atoms with Crippen molar-refractivity contribution in [1.29, 1.82) is 0 Å². The van der Waals surface area contributed by atoms with E-state index in [1.165, 1.54) is 22.3 Å². The number of anilines is 1. The molecule has 21 heavy (non-hydrogen) atoms. The molecule has 1 aliphatic rings. The maximum Gasteiger partial charge on any atom is 0.318 e. The first kappa shape index (κ1) is 13.2. The van der Waals surface area contributed by atoms with Gasteiger partial charge in [-0.15, -0.1) is 0 Å². The van der Waals surface area contributed by atoms with E-state index in [0.717, 1.165) is 12.1 Å². The lowest BCUT2D eigenvalue weighted by atomic mass is 10.1. The summed E-state index contributed by atoms with van der Waals surface area (Å²) in [5.41, 5.74) is 10.8. The summed E-state index contributed by atoms with van der Waals surface area (Å²) in [5, 5.41) is 5.00. The predicted octanol–water partition coefficient (Wildman–Crippen LogP) is 1.86. The van der Waals surface area contributed by atoms with Crippen LogP contribution in [0, 0.1) is 0 Å². The zero-order valence-electron chi connectivity index (χ0n) is 11.3. The van der Waals surface area contributed by atoms with Gasteiger partial charge in [0.1, 0.15) is 0 Å². The second-order valence-electron chi connectivity index (χ2n) is 4.97. The van der Waals surface area contributed by atoms with E-state index >= 15 is 0 Å². The van der Waals surface area contributed by atoms with E-state index in [4.69, 9.17) is 5.73 Å². The second kappa shape index (κ2) is 5.28. The van der Waals surface area contributed by atoms with Crippen LogP contribution >= 0.6 is 0 Å². The molecule has 106 valence electrons. The number of urea groups is 1. The number of fused-ring (bicyclic) bond motifs is 3. The van der Waals surface area contributed by atoms with Gasteiger partial charge in [-0.2, -0.15) is 0 Å². The molecule has 2 aromatic rings. The molecule has 0 aliphatic heterocycles. The van der Waals surface area contributed by atoms with Gasteiger partial charge in [0.25, 0.3) is 0 Å². The Bertz CT molecular complexity index is 725. The number of nitrogens with two attached hydrogens (primary N) is 1. The molecule has 1 aliphatic carbocycles.